The van der Waals surface area contributed by atoms with E-state index in [-0.39, 0.29) is 0 Å². The largest absolute Gasteiger partial charge is 0.481 e. The third-order valence-electron chi connectivity index (χ3n) is 3.26. The van der Waals surface area contributed by atoms with Gasteiger partial charge in [-0.3, -0.25) is 9.59 Å². The molecule has 0 bridgehead atoms. The molecule has 0 radical (unpaired) electrons. The van der Waals surface area contributed by atoms with Crippen molar-refractivity contribution in [3.05, 3.63) is 16.7 Å². The van der Waals surface area contributed by atoms with Gasteiger partial charge in [-0.2, -0.15) is 0 Å². The fourth-order valence-electron chi connectivity index (χ4n) is 2.05. The molecule has 2 aliphatic rings. The second-order valence-electron chi connectivity index (χ2n) is 4.45. The Morgan fingerprint density at radius 1 is 1.61 bits per heavy atom. The van der Waals surface area contributed by atoms with Gasteiger partial charge in [0.25, 0.3) is 5.91 Å². The van der Waals surface area contributed by atoms with E-state index >= 15 is 0 Å². The Balaban J connectivity index is 1.97. The minimum atomic E-state index is -1.08. The van der Waals surface area contributed by atoms with E-state index < -0.39 is 23.4 Å². The van der Waals surface area contributed by atoms with Crippen LogP contribution in [-0.4, -0.2) is 28.1 Å². The second kappa shape index (κ2) is 3.68. The molecule has 1 atom stereocenters. The summed E-state index contributed by atoms with van der Waals surface area (Å²) in [6, 6.07) is 1.66. The zero-order valence-corrected chi connectivity index (χ0v) is 10.7. The fourth-order valence-corrected chi connectivity index (χ4v) is 2.36. The SMILES string of the molecule is O=C1Nc2ncc(Br)cc2OC1C1(C(=O)O)CC1. The van der Waals surface area contributed by atoms with Gasteiger partial charge >= 0.3 is 5.97 Å². The minimum Gasteiger partial charge on any atom is -0.481 e. The van der Waals surface area contributed by atoms with Crippen LogP contribution in [0.15, 0.2) is 16.7 Å². The summed E-state index contributed by atoms with van der Waals surface area (Å²) in [6.07, 6.45) is 1.46. The third-order valence-corrected chi connectivity index (χ3v) is 3.69. The standard InChI is InChI=1S/C11H9BrN2O4/c12-5-3-6-8(13-4-5)14-9(15)7(18-6)11(1-2-11)10(16)17/h3-4,7H,1-2H2,(H,16,17)(H,13,14,15). The Kier molecular flexibility index (Phi) is 2.34. The third kappa shape index (κ3) is 1.58. The van der Waals surface area contributed by atoms with Crippen molar-refractivity contribution in [3.8, 4) is 5.75 Å². The number of carbonyl (C=O) groups excluding carboxylic acids is 1. The molecule has 1 aliphatic carbocycles. The molecule has 7 heteroatoms. The Bertz CT molecular complexity index is 556. The maximum Gasteiger partial charge on any atom is 0.313 e. The number of aliphatic carboxylic acids is 1. The van der Waals surface area contributed by atoms with Crippen LogP contribution in [0.4, 0.5) is 5.82 Å². The maximum atomic E-state index is 11.9. The van der Waals surface area contributed by atoms with Crippen LogP contribution >= 0.6 is 15.9 Å². The van der Waals surface area contributed by atoms with Crippen molar-refractivity contribution in [1.29, 1.82) is 0 Å². The molecule has 2 N–H and O–H groups in total. The van der Waals surface area contributed by atoms with Gasteiger partial charge in [0.05, 0.1) is 0 Å². The van der Waals surface area contributed by atoms with Gasteiger partial charge in [-0.1, -0.05) is 0 Å². The van der Waals surface area contributed by atoms with Crippen LogP contribution in [0.1, 0.15) is 12.8 Å². The Hall–Kier alpha value is -1.63. The van der Waals surface area contributed by atoms with Crippen LogP contribution in [0.25, 0.3) is 0 Å². The van der Waals surface area contributed by atoms with Crippen molar-refractivity contribution >= 4 is 33.6 Å². The lowest BCUT2D eigenvalue weighted by Gasteiger charge is -2.28. The summed E-state index contributed by atoms with van der Waals surface area (Å²) >= 11 is 3.25. The molecule has 2 heterocycles. The summed E-state index contributed by atoms with van der Waals surface area (Å²) in [5.41, 5.74) is -1.08. The first-order valence-electron chi connectivity index (χ1n) is 5.39. The number of hydrogen-bond donors (Lipinski definition) is 2. The molecule has 0 aromatic carbocycles. The number of ether oxygens (including phenoxy) is 1. The number of carboxylic acids is 1. The van der Waals surface area contributed by atoms with E-state index in [2.05, 4.69) is 26.2 Å². The zero-order chi connectivity index (χ0) is 12.9. The van der Waals surface area contributed by atoms with Gasteiger partial charge in [-0.15, -0.1) is 0 Å². The van der Waals surface area contributed by atoms with Gasteiger partial charge in [-0.05, 0) is 34.8 Å². The number of carboxylic acid groups (broad SMARTS) is 1. The molecule has 1 amide bonds. The molecule has 1 aromatic rings. The van der Waals surface area contributed by atoms with E-state index in [1.165, 1.54) is 6.20 Å². The van der Waals surface area contributed by atoms with Crippen LogP contribution in [-0.2, 0) is 9.59 Å². The van der Waals surface area contributed by atoms with Crippen molar-refractivity contribution in [2.75, 3.05) is 5.32 Å². The lowest BCUT2D eigenvalue weighted by atomic mass is 9.97. The van der Waals surface area contributed by atoms with E-state index in [1.54, 1.807) is 6.07 Å². The average molecular weight is 313 g/mol. The predicted octanol–water partition coefficient (Wildman–Crippen LogP) is 1.41. The van der Waals surface area contributed by atoms with Gasteiger partial charge in [0.2, 0.25) is 0 Å². The summed E-state index contributed by atoms with van der Waals surface area (Å²) < 4.78 is 6.23. The lowest BCUT2D eigenvalue weighted by Crippen LogP contribution is -2.47. The molecule has 1 aliphatic heterocycles. The first-order valence-corrected chi connectivity index (χ1v) is 6.19. The number of anilines is 1. The van der Waals surface area contributed by atoms with E-state index in [0.717, 1.165) is 0 Å². The molecule has 0 spiro atoms. The zero-order valence-electron chi connectivity index (χ0n) is 9.14. The molecule has 94 valence electrons. The first-order chi connectivity index (χ1) is 8.53. The molecule has 18 heavy (non-hydrogen) atoms. The van der Waals surface area contributed by atoms with Crippen LogP contribution in [0.2, 0.25) is 0 Å². The van der Waals surface area contributed by atoms with Crippen LogP contribution in [0.5, 0.6) is 5.75 Å². The van der Waals surface area contributed by atoms with E-state index in [1.807, 2.05) is 0 Å². The van der Waals surface area contributed by atoms with Crippen molar-refractivity contribution < 1.29 is 19.4 Å². The number of rotatable bonds is 2. The Morgan fingerprint density at radius 3 is 2.94 bits per heavy atom. The molecular weight excluding hydrogens is 304 g/mol. The van der Waals surface area contributed by atoms with Crippen molar-refractivity contribution in [1.82, 2.24) is 4.98 Å². The molecule has 6 nitrogen and oxygen atoms in total. The van der Waals surface area contributed by atoms with Gasteiger partial charge in [-0.25, -0.2) is 4.98 Å². The molecule has 1 unspecified atom stereocenters. The van der Waals surface area contributed by atoms with Crippen LogP contribution in [0, 0.1) is 5.41 Å². The number of nitrogens with one attached hydrogen (secondary N) is 1. The monoisotopic (exact) mass is 312 g/mol. The predicted molar refractivity (Wildman–Crippen MR) is 64.3 cm³/mol. The highest BCUT2D eigenvalue weighted by Crippen LogP contribution is 2.52. The van der Waals surface area contributed by atoms with Crippen molar-refractivity contribution in [3.63, 3.8) is 0 Å². The molecule has 0 saturated heterocycles. The van der Waals surface area contributed by atoms with E-state index in [9.17, 15) is 14.7 Å². The Morgan fingerprint density at radius 2 is 2.33 bits per heavy atom. The van der Waals surface area contributed by atoms with Crippen LogP contribution in [0.3, 0.4) is 0 Å². The number of fused-ring (bicyclic) bond motifs is 1. The normalized spacial score (nSPS) is 23.6. The molecule has 1 aromatic heterocycles. The highest BCUT2D eigenvalue weighted by molar-refractivity contribution is 9.10. The quantitative estimate of drug-likeness (QED) is 0.862. The number of amides is 1. The van der Waals surface area contributed by atoms with E-state index in [0.29, 0.717) is 28.9 Å². The summed E-state index contributed by atoms with van der Waals surface area (Å²) in [5.74, 6) is -0.728. The van der Waals surface area contributed by atoms with Gasteiger partial charge in [0.1, 0.15) is 5.41 Å². The summed E-state index contributed by atoms with van der Waals surface area (Å²) in [6.45, 7) is 0. The number of carbonyl (C=O) groups is 2. The smallest absolute Gasteiger partial charge is 0.313 e. The number of halogens is 1. The molecule has 1 saturated carbocycles. The molecular formula is C11H9BrN2O4. The minimum absolute atomic E-state index is 0.320. The summed E-state index contributed by atoms with van der Waals surface area (Å²) in [7, 11) is 0. The molecule has 1 fully saturated rings. The highest BCUT2D eigenvalue weighted by atomic mass is 79.9. The van der Waals surface area contributed by atoms with Gasteiger partial charge in [0, 0.05) is 10.7 Å². The highest BCUT2D eigenvalue weighted by Gasteiger charge is 2.61. The number of aromatic nitrogens is 1. The topological polar surface area (TPSA) is 88.5 Å². The number of pyridine rings is 1. The van der Waals surface area contributed by atoms with Crippen molar-refractivity contribution in [2.24, 2.45) is 5.41 Å². The fraction of sp³-hybridized carbons (Fsp3) is 0.364. The van der Waals surface area contributed by atoms with E-state index in [4.69, 9.17) is 4.74 Å². The number of hydrogen-bond acceptors (Lipinski definition) is 4. The van der Waals surface area contributed by atoms with Gasteiger partial charge in [0.15, 0.2) is 17.7 Å². The second-order valence-corrected chi connectivity index (χ2v) is 5.36. The summed E-state index contributed by atoms with van der Waals surface area (Å²) in [4.78, 5) is 27.1. The van der Waals surface area contributed by atoms with Crippen LogP contribution < -0.4 is 10.1 Å². The van der Waals surface area contributed by atoms with Gasteiger partial charge < -0.3 is 15.2 Å². The Labute approximate surface area is 110 Å². The summed E-state index contributed by atoms with van der Waals surface area (Å²) in [5, 5.41) is 11.8. The number of nitrogens with zero attached hydrogens (tertiary/aromatic N) is 1. The molecule has 3 rings (SSSR count). The average Bonchev–Trinajstić information content (AvgIpc) is 3.10. The maximum absolute atomic E-state index is 11.9. The lowest BCUT2D eigenvalue weighted by molar-refractivity contribution is -0.151. The first kappa shape index (κ1) is 11.5. The van der Waals surface area contributed by atoms with Crippen molar-refractivity contribution in [2.45, 2.75) is 18.9 Å².